The summed E-state index contributed by atoms with van der Waals surface area (Å²) in [5.41, 5.74) is 2.71. The Kier molecular flexibility index (Phi) is 12.9. The maximum Gasteiger partial charge on any atom is 0.191 e. The van der Waals surface area contributed by atoms with E-state index >= 15 is 0 Å². The Hall–Kier alpha value is -0.830. The molecule has 0 aliphatic rings. The zero-order valence-corrected chi connectivity index (χ0v) is 19.6. The molecule has 0 atom stereocenters. The van der Waals surface area contributed by atoms with Crippen LogP contribution in [0.5, 0.6) is 0 Å². The van der Waals surface area contributed by atoms with Crippen molar-refractivity contribution in [3.63, 3.8) is 0 Å². The van der Waals surface area contributed by atoms with Crippen molar-refractivity contribution in [2.75, 3.05) is 31.6 Å². The van der Waals surface area contributed by atoms with Crippen molar-refractivity contribution in [3.8, 4) is 0 Å². The number of halogens is 1. The number of aliphatic imine (C=N–C) groups is 1. The van der Waals surface area contributed by atoms with E-state index in [4.69, 9.17) is 0 Å². The van der Waals surface area contributed by atoms with Crippen molar-refractivity contribution in [2.45, 2.75) is 46.0 Å². The maximum atomic E-state index is 11.1. The molecule has 26 heavy (non-hydrogen) atoms. The molecule has 1 aromatic rings. The first-order valence-corrected chi connectivity index (χ1v) is 11.2. The molecular formula is C19H34IN3O2S. The smallest absolute Gasteiger partial charge is 0.191 e. The van der Waals surface area contributed by atoms with Crippen LogP contribution in [-0.2, 0) is 16.3 Å². The monoisotopic (exact) mass is 495 g/mol. The number of sulfone groups is 1. The van der Waals surface area contributed by atoms with Crippen molar-refractivity contribution in [3.05, 3.63) is 35.4 Å². The Labute approximate surface area is 176 Å². The molecule has 0 aliphatic carbocycles. The van der Waals surface area contributed by atoms with Gasteiger partial charge in [-0.3, -0.25) is 4.99 Å². The van der Waals surface area contributed by atoms with E-state index in [9.17, 15) is 8.42 Å². The van der Waals surface area contributed by atoms with Crippen molar-refractivity contribution in [1.29, 1.82) is 0 Å². The van der Waals surface area contributed by atoms with Gasteiger partial charge in [-0.1, -0.05) is 38.1 Å². The Morgan fingerprint density at radius 1 is 1.12 bits per heavy atom. The molecule has 0 spiro atoms. The summed E-state index contributed by atoms with van der Waals surface area (Å²) in [6.45, 7) is 8.56. The summed E-state index contributed by atoms with van der Waals surface area (Å²) in [5.74, 6) is 1.52. The number of hydrogen-bond donors (Lipinski definition) is 2. The molecular weight excluding hydrogens is 461 g/mol. The largest absolute Gasteiger partial charge is 0.357 e. The molecule has 0 saturated carbocycles. The van der Waals surface area contributed by atoms with Crippen LogP contribution in [0.2, 0.25) is 0 Å². The molecule has 0 aromatic heterocycles. The number of aryl methyl sites for hydroxylation is 1. The normalized spacial score (nSPS) is 12.0. The van der Waals surface area contributed by atoms with Gasteiger partial charge < -0.3 is 10.6 Å². The quantitative estimate of drug-likeness (QED) is 0.226. The summed E-state index contributed by atoms with van der Waals surface area (Å²) >= 11 is 0. The number of guanidine groups is 1. The van der Waals surface area contributed by atoms with Crippen LogP contribution in [0.3, 0.4) is 0 Å². The van der Waals surface area contributed by atoms with Gasteiger partial charge in [0.2, 0.25) is 0 Å². The van der Waals surface area contributed by atoms with Crippen LogP contribution in [0.25, 0.3) is 0 Å². The second-order valence-electron chi connectivity index (χ2n) is 6.67. The zero-order valence-electron chi connectivity index (χ0n) is 16.4. The molecule has 0 aliphatic heterocycles. The molecule has 0 heterocycles. The van der Waals surface area contributed by atoms with E-state index in [0.29, 0.717) is 18.9 Å². The van der Waals surface area contributed by atoms with Crippen molar-refractivity contribution in [1.82, 2.24) is 10.6 Å². The lowest BCUT2D eigenvalue weighted by molar-refractivity contribution is 0.598. The first kappa shape index (κ1) is 25.2. The molecule has 0 unspecified atom stereocenters. The highest BCUT2D eigenvalue weighted by Gasteiger charge is 2.03. The fourth-order valence-electron chi connectivity index (χ4n) is 2.43. The summed E-state index contributed by atoms with van der Waals surface area (Å²) in [5, 5.41) is 6.37. The number of rotatable bonds is 10. The van der Waals surface area contributed by atoms with Crippen molar-refractivity contribution in [2.24, 2.45) is 4.99 Å². The number of nitrogens with one attached hydrogen (secondary N) is 2. The maximum absolute atomic E-state index is 11.1. The Balaban J connectivity index is 0.00000625. The van der Waals surface area contributed by atoms with Gasteiger partial charge >= 0.3 is 0 Å². The zero-order chi connectivity index (χ0) is 18.7. The molecule has 5 nitrogen and oxygen atoms in total. The molecule has 7 heteroatoms. The van der Waals surface area contributed by atoms with Crippen LogP contribution < -0.4 is 10.6 Å². The van der Waals surface area contributed by atoms with Gasteiger partial charge in [0.1, 0.15) is 9.84 Å². The van der Waals surface area contributed by atoms with E-state index in [0.717, 1.165) is 31.9 Å². The average molecular weight is 495 g/mol. The molecule has 0 bridgehead atoms. The minimum atomic E-state index is -2.89. The average Bonchev–Trinajstić information content (AvgIpc) is 2.55. The van der Waals surface area contributed by atoms with Crippen LogP contribution in [0.15, 0.2) is 29.3 Å². The first-order valence-electron chi connectivity index (χ1n) is 9.10. The van der Waals surface area contributed by atoms with E-state index in [-0.39, 0.29) is 29.7 Å². The topological polar surface area (TPSA) is 70.6 Å². The molecule has 0 radical (unpaired) electrons. The fraction of sp³-hybridized carbons (Fsp3) is 0.632. The lowest BCUT2D eigenvalue weighted by atomic mass is 10.0. The van der Waals surface area contributed by atoms with Gasteiger partial charge in [-0.15, -0.1) is 24.0 Å². The summed E-state index contributed by atoms with van der Waals surface area (Å²) in [6.07, 6.45) is 3.85. The molecule has 150 valence electrons. The van der Waals surface area contributed by atoms with Gasteiger partial charge in [-0.25, -0.2) is 8.42 Å². The first-order chi connectivity index (χ1) is 11.8. The van der Waals surface area contributed by atoms with E-state index < -0.39 is 9.84 Å². The van der Waals surface area contributed by atoms with E-state index in [2.05, 4.69) is 53.7 Å². The third kappa shape index (κ3) is 11.7. The highest BCUT2D eigenvalue weighted by atomic mass is 127. The highest BCUT2D eigenvalue weighted by molar-refractivity contribution is 14.0. The minimum Gasteiger partial charge on any atom is -0.357 e. The van der Waals surface area contributed by atoms with Crippen molar-refractivity contribution < 1.29 is 8.42 Å². The molecule has 1 rings (SSSR count). The van der Waals surface area contributed by atoms with E-state index in [1.54, 1.807) is 0 Å². The summed E-state index contributed by atoms with van der Waals surface area (Å²) in [6, 6.07) is 8.81. The number of benzene rings is 1. The lowest BCUT2D eigenvalue weighted by Crippen LogP contribution is -2.38. The number of hydrogen-bond acceptors (Lipinski definition) is 3. The third-order valence-electron chi connectivity index (χ3n) is 3.87. The van der Waals surface area contributed by atoms with E-state index in [1.807, 2.05) is 6.92 Å². The minimum absolute atomic E-state index is 0. The Bertz CT molecular complexity index is 629. The van der Waals surface area contributed by atoms with Crippen LogP contribution in [0.4, 0.5) is 0 Å². The van der Waals surface area contributed by atoms with E-state index in [1.165, 1.54) is 17.4 Å². The SMILES string of the molecule is CCNC(=NCCCc1ccc(C(C)C)cc1)NCCCS(C)(=O)=O.I. The van der Waals surface area contributed by atoms with Gasteiger partial charge in [-0.2, -0.15) is 0 Å². The predicted molar refractivity (Wildman–Crippen MR) is 123 cm³/mol. The molecule has 0 fully saturated rings. The summed E-state index contributed by atoms with van der Waals surface area (Å²) < 4.78 is 22.3. The van der Waals surface area contributed by atoms with Crippen LogP contribution in [0, 0.1) is 0 Å². The van der Waals surface area contributed by atoms with Gasteiger partial charge in [-0.05, 0) is 43.2 Å². The van der Waals surface area contributed by atoms with Crippen LogP contribution in [0.1, 0.15) is 50.7 Å². The molecule has 1 aromatic carbocycles. The van der Waals surface area contributed by atoms with Gasteiger partial charge in [0.05, 0.1) is 5.75 Å². The summed E-state index contributed by atoms with van der Waals surface area (Å²) in [7, 11) is -2.89. The molecule has 2 N–H and O–H groups in total. The Morgan fingerprint density at radius 3 is 2.31 bits per heavy atom. The van der Waals surface area contributed by atoms with Crippen molar-refractivity contribution >= 4 is 39.8 Å². The van der Waals surface area contributed by atoms with Gasteiger partial charge in [0.25, 0.3) is 0 Å². The third-order valence-corrected chi connectivity index (χ3v) is 4.90. The molecule has 0 saturated heterocycles. The molecule has 0 amide bonds. The second-order valence-corrected chi connectivity index (χ2v) is 8.93. The van der Waals surface area contributed by atoms with Crippen LogP contribution in [-0.4, -0.2) is 46.0 Å². The number of nitrogens with zero attached hydrogens (tertiary/aromatic N) is 1. The summed E-state index contributed by atoms with van der Waals surface area (Å²) in [4.78, 5) is 4.55. The predicted octanol–water partition coefficient (Wildman–Crippen LogP) is 3.35. The van der Waals surface area contributed by atoms with Gasteiger partial charge in [0.15, 0.2) is 5.96 Å². The van der Waals surface area contributed by atoms with Gasteiger partial charge in [0, 0.05) is 25.9 Å². The Morgan fingerprint density at radius 2 is 1.77 bits per heavy atom. The lowest BCUT2D eigenvalue weighted by Gasteiger charge is -2.11. The fourth-order valence-corrected chi connectivity index (χ4v) is 3.09. The van der Waals surface area contributed by atoms with Crippen LogP contribution >= 0.6 is 24.0 Å². The standard InChI is InChI=1S/C19H33N3O2S.HI/c1-5-20-19(22-14-7-15-25(4,23)24)21-13-6-8-17-9-11-18(12-10-17)16(2)3;/h9-12,16H,5-8,13-15H2,1-4H3,(H2,20,21,22);1H. The second kappa shape index (κ2) is 13.4. The highest BCUT2D eigenvalue weighted by Crippen LogP contribution is 2.15.